The van der Waals surface area contributed by atoms with Crippen LogP contribution in [0.25, 0.3) is 77.7 Å². The standard InChI is InChI=1S/C71H66N4O.Pt/c1-46-28-34-62(73-45-74(65-27-18-17-26-64(65)73)68-57(48-22-15-12-16-23-48)24-19-25-58(68)50-38-52(70(5,6)7)41-53(39-50)71(8,9)10)61-43-54(30-32-56(46)61)76-55-31-33-59-60-40-49(47-20-13-11-14-21-47)29-35-63(60)75(66(59)44-55)67-42-51(36-37-72-67)69(2,3)4;/h11-27,29-33,35-42,46,62H,28,34H2,1-10H3;/q-2;. The van der Waals surface area contributed by atoms with Gasteiger partial charge in [-0.25, -0.2) is 4.98 Å². The number of hydrogen-bond acceptors (Lipinski definition) is 2. The summed E-state index contributed by atoms with van der Waals surface area (Å²) in [4.78, 5) is 4.99. The summed E-state index contributed by atoms with van der Waals surface area (Å²) in [6.07, 6.45) is 3.95. The Kier molecular flexibility index (Phi) is 12.6. The Hall–Kier alpha value is -7.33. The first kappa shape index (κ1) is 50.5. The van der Waals surface area contributed by atoms with Crippen molar-refractivity contribution in [2.75, 3.05) is 0 Å². The molecule has 0 saturated heterocycles. The van der Waals surface area contributed by atoms with Gasteiger partial charge in [0.05, 0.1) is 0 Å². The van der Waals surface area contributed by atoms with E-state index in [-0.39, 0.29) is 22.3 Å². The van der Waals surface area contributed by atoms with Gasteiger partial charge in [0.15, 0.2) is 0 Å². The van der Waals surface area contributed by atoms with E-state index in [0.717, 1.165) is 49.8 Å². The molecule has 6 heteroatoms. The second-order valence-electron chi connectivity index (χ2n) is 24.3. The first-order valence-corrected chi connectivity index (χ1v) is 28.3. The van der Waals surface area contributed by atoms with Crippen molar-refractivity contribution in [3.63, 3.8) is 0 Å². The summed E-state index contributed by atoms with van der Waals surface area (Å²) in [6.45, 7) is 23.0. The number of imidazole rings is 1. The zero-order chi connectivity index (χ0) is 53.5. The molecule has 77 heavy (non-hydrogen) atoms. The van der Waals surface area contributed by atoms with E-state index in [1.807, 2.05) is 6.20 Å². The van der Waals surface area contributed by atoms with Crippen LogP contribution in [0.1, 0.15) is 122 Å². The molecule has 0 bridgehead atoms. The molecule has 0 aliphatic heterocycles. The Morgan fingerprint density at radius 3 is 1.82 bits per heavy atom. The Morgan fingerprint density at radius 2 is 1.13 bits per heavy atom. The van der Waals surface area contributed by atoms with Crippen molar-refractivity contribution in [1.29, 1.82) is 0 Å². The van der Waals surface area contributed by atoms with Crippen molar-refractivity contribution in [2.24, 2.45) is 0 Å². The van der Waals surface area contributed by atoms with Crippen LogP contribution in [0.5, 0.6) is 11.5 Å². The summed E-state index contributed by atoms with van der Waals surface area (Å²) in [6, 6.07) is 72.0. The van der Waals surface area contributed by atoms with Crippen LogP contribution in [0.15, 0.2) is 182 Å². The summed E-state index contributed by atoms with van der Waals surface area (Å²) < 4.78 is 15.5. The molecule has 0 radical (unpaired) electrons. The summed E-state index contributed by atoms with van der Waals surface area (Å²) in [5.41, 5.74) is 18.9. The van der Waals surface area contributed by atoms with Gasteiger partial charge in [0.2, 0.25) is 0 Å². The van der Waals surface area contributed by atoms with Gasteiger partial charge in [0.25, 0.3) is 0 Å². The molecule has 1 aliphatic carbocycles. The van der Waals surface area contributed by atoms with Crippen LogP contribution in [0.2, 0.25) is 0 Å². The van der Waals surface area contributed by atoms with Crippen molar-refractivity contribution in [1.82, 2.24) is 18.7 Å². The van der Waals surface area contributed by atoms with Crippen molar-refractivity contribution in [3.05, 3.63) is 226 Å². The van der Waals surface area contributed by atoms with Crippen LogP contribution < -0.4 is 4.74 Å². The van der Waals surface area contributed by atoms with Gasteiger partial charge >= 0.3 is 353 Å². The third kappa shape index (κ3) is 9.25. The van der Waals surface area contributed by atoms with Gasteiger partial charge in [-0.3, -0.25) is 0 Å². The van der Waals surface area contributed by atoms with Gasteiger partial charge < -0.3 is 0 Å². The van der Waals surface area contributed by atoms with Gasteiger partial charge in [-0.1, -0.05) is 63.2 Å². The minimum atomic E-state index is -0.0530. The maximum absolute atomic E-state index is 6.96. The third-order valence-electron chi connectivity index (χ3n) is 15.9. The number of benzene rings is 8. The molecule has 0 spiro atoms. The monoisotopic (exact) mass is 1190 g/mol. The first-order valence-electron chi connectivity index (χ1n) is 27.2. The average Bonchev–Trinajstić information content (AvgIpc) is 4.04. The molecular formula is C71H66N4OPt-2. The molecule has 1 aliphatic rings. The number of hydrogen-bond donors (Lipinski definition) is 0. The van der Waals surface area contributed by atoms with E-state index in [1.165, 1.54) is 72.4 Å². The van der Waals surface area contributed by atoms with Gasteiger partial charge in [-0.05, 0) is 40.3 Å². The predicted molar refractivity (Wildman–Crippen MR) is 315 cm³/mol. The molecule has 0 saturated carbocycles. The second-order valence-corrected chi connectivity index (χ2v) is 25.3. The molecule has 5 nitrogen and oxygen atoms in total. The van der Waals surface area contributed by atoms with E-state index in [2.05, 4.69) is 290 Å². The molecule has 12 rings (SSSR count). The maximum atomic E-state index is 6.96. The van der Waals surface area contributed by atoms with E-state index in [1.54, 1.807) is 0 Å². The van der Waals surface area contributed by atoms with Crippen LogP contribution in [-0.4, -0.2) is 18.7 Å². The van der Waals surface area contributed by atoms with Crippen LogP contribution >= 0.6 is 0 Å². The second kappa shape index (κ2) is 19.3. The molecule has 2 atom stereocenters. The van der Waals surface area contributed by atoms with Crippen LogP contribution in [-0.2, 0) is 35.6 Å². The number of fused-ring (bicyclic) bond motifs is 5. The van der Waals surface area contributed by atoms with Crippen molar-refractivity contribution >= 4 is 32.8 Å². The number of para-hydroxylation sites is 3. The van der Waals surface area contributed by atoms with Crippen molar-refractivity contribution < 1.29 is 24.1 Å². The van der Waals surface area contributed by atoms with Gasteiger partial charge in [-0.2, -0.15) is 0 Å². The molecule has 0 fully saturated rings. The molecule has 3 heterocycles. The van der Waals surface area contributed by atoms with E-state index in [4.69, 9.17) is 9.72 Å². The minimum absolute atomic E-state index is 0.00131. The molecule has 11 aromatic rings. The zero-order valence-corrected chi connectivity index (χ0v) is 48.2. The summed E-state index contributed by atoms with van der Waals surface area (Å²) >= 11 is 2.62. The Bertz CT molecular complexity index is 4090. The average molecular weight is 1190 g/mol. The van der Waals surface area contributed by atoms with Crippen LogP contribution in [0, 0.1) is 15.9 Å². The third-order valence-corrected chi connectivity index (χ3v) is 17.0. The van der Waals surface area contributed by atoms with Gasteiger partial charge in [0.1, 0.15) is 0 Å². The van der Waals surface area contributed by atoms with Gasteiger partial charge in [-0.15, -0.1) is 0 Å². The number of aromatic nitrogens is 4. The van der Waals surface area contributed by atoms with Crippen LogP contribution in [0.3, 0.4) is 0 Å². The van der Waals surface area contributed by atoms with Gasteiger partial charge in [0, 0.05) is 6.20 Å². The molecule has 0 amide bonds. The SMILES string of the molecule is CC1CCC(n2[c](=[Pt])n(-c3c(-c4ccccc4)cccc3-c3cc(C(C)(C)C)cc(C(C)(C)C)c3)c3ccccc32)c2[c-]c(Oc3[c-]c4c(cc3)c3cc(-c5ccccc5)ccc3n4-c3cc(C(C)(C)C)ccn3)ccc21. The van der Waals surface area contributed by atoms with E-state index < -0.39 is 0 Å². The van der Waals surface area contributed by atoms with E-state index in [0.29, 0.717) is 17.4 Å². The molecule has 388 valence electrons. The molecule has 3 aromatic heterocycles. The van der Waals surface area contributed by atoms with Crippen LogP contribution in [0.4, 0.5) is 0 Å². The van der Waals surface area contributed by atoms with E-state index >= 15 is 0 Å². The Balaban J connectivity index is 1.01. The molecule has 8 aromatic carbocycles. The number of nitrogens with zero attached hydrogens (tertiary/aromatic N) is 4. The molecule has 2 unspecified atom stereocenters. The number of pyridine rings is 1. The fourth-order valence-electron chi connectivity index (χ4n) is 11.5. The number of rotatable bonds is 8. The number of ether oxygens (including phenoxy) is 1. The van der Waals surface area contributed by atoms with Crippen molar-refractivity contribution in [2.45, 2.75) is 110 Å². The summed E-state index contributed by atoms with van der Waals surface area (Å²) in [5, 5.41) is 2.23. The molecule has 0 N–H and O–H groups in total. The molecular weight excluding hydrogens is 1120 g/mol. The Labute approximate surface area is 465 Å². The predicted octanol–water partition coefficient (Wildman–Crippen LogP) is 18.8. The fourth-order valence-corrected chi connectivity index (χ4v) is 12.7. The zero-order valence-electron chi connectivity index (χ0n) is 45.9. The normalized spacial score (nSPS) is 15.1. The summed E-state index contributed by atoms with van der Waals surface area (Å²) in [7, 11) is 0. The van der Waals surface area contributed by atoms with Crippen molar-refractivity contribution in [3.8, 4) is 56.4 Å². The Morgan fingerprint density at radius 1 is 0.506 bits per heavy atom. The quantitative estimate of drug-likeness (QED) is 0.142. The summed E-state index contributed by atoms with van der Waals surface area (Å²) in [5.74, 6) is 2.52. The topological polar surface area (TPSA) is 36.9 Å². The van der Waals surface area contributed by atoms with E-state index in [9.17, 15) is 0 Å². The fraction of sp³-hybridized carbons (Fsp3) is 0.239. The first-order chi connectivity index (χ1) is 36.9.